The van der Waals surface area contributed by atoms with Crippen LogP contribution in [0.4, 0.5) is 0 Å². The van der Waals surface area contributed by atoms with Gasteiger partial charge in [-0.1, -0.05) is 151 Å². The monoisotopic (exact) mass is 645 g/mol. The first-order valence-electron chi connectivity index (χ1n) is 15.6. The summed E-state index contributed by atoms with van der Waals surface area (Å²) in [5, 5.41) is 15.1. The van der Waals surface area contributed by atoms with Crippen molar-refractivity contribution in [2.75, 3.05) is 0 Å². The topological polar surface area (TPSA) is 58.9 Å². The molecule has 7 aromatic rings. The van der Waals surface area contributed by atoms with Crippen LogP contribution in [0, 0.1) is 6.92 Å². The summed E-state index contributed by atoms with van der Waals surface area (Å²) >= 11 is 0. The quantitative estimate of drug-likeness (QED) is 0.160. The van der Waals surface area contributed by atoms with E-state index in [0.717, 1.165) is 17.0 Å². The number of phenols is 1. The van der Waals surface area contributed by atoms with Crippen molar-refractivity contribution in [3.05, 3.63) is 181 Å². The van der Waals surface area contributed by atoms with E-state index in [9.17, 15) is 5.11 Å². The van der Waals surface area contributed by atoms with Crippen LogP contribution < -0.4 is 21.2 Å². The normalized spacial score (nSPS) is 11.3. The zero-order chi connectivity index (χ0) is 32.0. The fourth-order valence-electron chi connectivity index (χ4n) is 5.64. The summed E-state index contributed by atoms with van der Waals surface area (Å²) < 4.78 is 0. The molecule has 0 saturated carbocycles. The van der Waals surface area contributed by atoms with E-state index in [0.29, 0.717) is 11.6 Å². The van der Waals surface area contributed by atoms with E-state index in [1.807, 2.05) is 12.1 Å². The standard InChI is InChI=1S/C41H33N3OP2/c1-30-22-24-31(25-23-30)38-42-39(32-26-28-33(45)29-27-32)44-40(43-38)41(46(34-14-6-2-7-15-34)35-16-8-3-9-17-35)47(36-18-10-4-11-19-36)37-20-12-5-13-21-37/h2-29,41,45H,1H3. The Morgan fingerprint density at radius 3 is 1.13 bits per heavy atom. The van der Waals surface area contributed by atoms with Crippen LogP contribution in [0.15, 0.2) is 170 Å². The highest BCUT2D eigenvalue weighted by molar-refractivity contribution is 7.89. The zero-order valence-corrected chi connectivity index (χ0v) is 27.7. The third kappa shape index (κ3) is 6.91. The molecule has 4 nitrogen and oxygen atoms in total. The first-order valence-corrected chi connectivity index (χ1v) is 18.4. The lowest BCUT2D eigenvalue weighted by Gasteiger charge is -2.35. The molecule has 0 aliphatic heterocycles. The Kier molecular flexibility index (Phi) is 9.24. The number of hydrogen-bond acceptors (Lipinski definition) is 4. The van der Waals surface area contributed by atoms with Gasteiger partial charge in [0.25, 0.3) is 0 Å². The van der Waals surface area contributed by atoms with Gasteiger partial charge in [-0.3, -0.25) is 0 Å². The van der Waals surface area contributed by atoms with Gasteiger partial charge in [0.2, 0.25) is 0 Å². The van der Waals surface area contributed by atoms with Crippen molar-refractivity contribution in [1.82, 2.24) is 15.0 Å². The molecule has 0 bridgehead atoms. The van der Waals surface area contributed by atoms with Crippen LogP contribution >= 0.6 is 15.8 Å². The predicted octanol–water partition coefficient (Wildman–Crippen LogP) is 8.48. The maximum absolute atomic E-state index is 10.1. The average molecular weight is 646 g/mol. The minimum absolute atomic E-state index is 0.0994. The van der Waals surface area contributed by atoms with Gasteiger partial charge >= 0.3 is 0 Å². The smallest absolute Gasteiger partial charge is 0.163 e. The van der Waals surface area contributed by atoms with Crippen LogP contribution in [0.1, 0.15) is 16.8 Å². The van der Waals surface area contributed by atoms with Gasteiger partial charge in [-0.25, -0.2) is 15.0 Å². The number of rotatable bonds is 9. The van der Waals surface area contributed by atoms with E-state index < -0.39 is 15.8 Å². The van der Waals surface area contributed by atoms with E-state index in [2.05, 4.69) is 153 Å². The first kappa shape index (κ1) is 30.6. The second-order valence-corrected chi connectivity index (χ2v) is 16.2. The Morgan fingerprint density at radius 1 is 0.426 bits per heavy atom. The fraction of sp³-hybridized carbons (Fsp3) is 0.0488. The second-order valence-electron chi connectivity index (χ2n) is 11.2. The number of aryl methyl sites for hydroxylation is 1. The summed E-state index contributed by atoms with van der Waals surface area (Å²) in [6, 6.07) is 58.8. The molecule has 0 amide bonds. The van der Waals surface area contributed by atoms with Gasteiger partial charge in [0.1, 0.15) is 11.6 Å². The number of aromatic hydroxyl groups is 1. The van der Waals surface area contributed by atoms with Crippen molar-refractivity contribution in [3.63, 3.8) is 0 Å². The largest absolute Gasteiger partial charge is 0.508 e. The molecule has 0 aliphatic rings. The molecule has 0 saturated heterocycles. The molecule has 1 aromatic heterocycles. The molecule has 0 radical (unpaired) electrons. The number of benzene rings is 6. The van der Waals surface area contributed by atoms with Crippen molar-refractivity contribution in [2.45, 2.75) is 12.3 Å². The number of hydrogen-bond donors (Lipinski definition) is 1. The molecule has 47 heavy (non-hydrogen) atoms. The van der Waals surface area contributed by atoms with E-state index in [4.69, 9.17) is 15.0 Å². The third-order valence-electron chi connectivity index (χ3n) is 7.95. The van der Waals surface area contributed by atoms with Crippen LogP contribution in [0.25, 0.3) is 22.8 Å². The van der Waals surface area contributed by atoms with Gasteiger partial charge in [-0.15, -0.1) is 0 Å². The summed E-state index contributed by atoms with van der Waals surface area (Å²) in [6.45, 7) is 2.08. The molecule has 0 fully saturated rings. The van der Waals surface area contributed by atoms with Crippen LogP contribution in [-0.2, 0) is 0 Å². The van der Waals surface area contributed by atoms with Crippen LogP contribution in [0.5, 0.6) is 5.75 Å². The summed E-state index contributed by atoms with van der Waals surface area (Å²) in [6.07, 6.45) is 0. The lowest BCUT2D eigenvalue weighted by molar-refractivity contribution is 0.475. The molecule has 7 rings (SSSR count). The Labute approximate surface area is 278 Å². The molecule has 0 atom stereocenters. The molecule has 6 heteroatoms. The summed E-state index contributed by atoms with van der Waals surface area (Å²) in [7, 11) is -2.03. The lowest BCUT2D eigenvalue weighted by atomic mass is 10.1. The minimum Gasteiger partial charge on any atom is -0.508 e. The summed E-state index contributed by atoms with van der Waals surface area (Å²) in [5.41, 5.74) is 2.93. The van der Waals surface area contributed by atoms with Gasteiger partial charge in [0, 0.05) is 11.1 Å². The van der Waals surface area contributed by atoms with E-state index in [1.54, 1.807) is 12.1 Å². The Bertz CT molecular complexity index is 1820. The lowest BCUT2D eigenvalue weighted by Crippen LogP contribution is -2.24. The highest BCUT2D eigenvalue weighted by Crippen LogP contribution is 2.65. The third-order valence-corrected chi connectivity index (χ3v) is 14.2. The van der Waals surface area contributed by atoms with Gasteiger partial charge in [-0.2, -0.15) is 0 Å². The number of aromatic nitrogens is 3. The SMILES string of the molecule is Cc1ccc(-c2nc(-c3ccc(O)cc3)nc(C(P(c3ccccc3)c3ccccc3)P(c3ccccc3)c3ccccc3)n2)cc1. The average Bonchev–Trinajstić information content (AvgIpc) is 3.13. The second kappa shape index (κ2) is 14.2. The molecule has 6 aromatic carbocycles. The molecule has 1 heterocycles. The zero-order valence-electron chi connectivity index (χ0n) is 25.9. The molecular formula is C41H33N3OP2. The van der Waals surface area contributed by atoms with Crippen molar-refractivity contribution in [1.29, 1.82) is 0 Å². The molecular weight excluding hydrogens is 612 g/mol. The van der Waals surface area contributed by atoms with E-state index in [-0.39, 0.29) is 11.1 Å². The van der Waals surface area contributed by atoms with Crippen LogP contribution in [0.3, 0.4) is 0 Å². The van der Waals surface area contributed by atoms with Crippen LogP contribution in [0.2, 0.25) is 0 Å². The van der Waals surface area contributed by atoms with Gasteiger partial charge in [-0.05, 0) is 68.3 Å². The van der Waals surface area contributed by atoms with Crippen molar-refractivity contribution >= 4 is 37.1 Å². The Morgan fingerprint density at radius 2 is 0.766 bits per heavy atom. The van der Waals surface area contributed by atoms with Gasteiger partial charge in [0.05, 0.1) is 5.40 Å². The first-order chi connectivity index (χ1) is 23.1. The highest BCUT2D eigenvalue weighted by Gasteiger charge is 2.38. The molecule has 0 spiro atoms. The minimum atomic E-state index is -1.01. The molecule has 0 unspecified atom stereocenters. The van der Waals surface area contributed by atoms with Crippen molar-refractivity contribution in [3.8, 4) is 28.5 Å². The van der Waals surface area contributed by atoms with Gasteiger partial charge < -0.3 is 5.11 Å². The Hall–Kier alpha value is -5.01. The number of nitrogens with zero attached hydrogens (tertiary/aromatic N) is 3. The Balaban J connectivity index is 1.56. The maximum atomic E-state index is 10.1. The maximum Gasteiger partial charge on any atom is 0.163 e. The highest BCUT2D eigenvalue weighted by atomic mass is 31.2. The van der Waals surface area contributed by atoms with Gasteiger partial charge in [0.15, 0.2) is 11.6 Å². The van der Waals surface area contributed by atoms with E-state index >= 15 is 0 Å². The summed E-state index contributed by atoms with van der Waals surface area (Å²) in [5.74, 6) is 2.18. The molecule has 228 valence electrons. The molecule has 0 aliphatic carbocycles. The van der Waals surface area contributed by atoms with Crippen molar-refractivity contribution < 1.29 is 5.11 Å². The van der Waals surface area contributed by atoms with E-state index in [1.165, 1.54) is 26.8 Å². The predicted molar refractivity (Wildman–Crippen MR) is 198 cm³/mol. The summed E-state index contributed by atoms with van der Waals surface area (Å²) in [4.78, 5) is 15.8. The van der Waals surface area contributed by atoms with Crippen molar-refractivity contribution in [2.24, 2.45) is 0 Å². The molecule has 1 N–H and O–H groups in total. The fourth-order valence-corrected chi connectivity index (χ4v) is 12.6. The number of phenolic OH excluding ortho intramolecular Hbond substituents is 1. The van der Waals surface area contributed by atoms with Crippen LogP contribution in [-0.4, -0.2) is 20.1 Å².